The molecule has 0 fully saturated rings. The third kappa shape index (κ3) is 0.426. The largest absolute Gasteiger partial charge is 0.308 e. The summed E-state index contributed by atoms with van der Waals surface area (Å²) in [5.41, 5.74) is 2.15. The van der Waals surface area contributed by atoms with Gasteiger partial charge < -0.3 is 0 Å². The lowest BCUT2D eigenvalue weighted by atomic mass is 9.99. The highest BCUT2D eigenvalue weighted by Gasteiger charge is 2.62. The maximum absolute atomic E-state index is 12.0. The number of hydrogen-bond acceptors (Lipinski definition) is 7. The van der Waals surface area contributed by atoms with E-state index in [-0.39, 0.29) is 5.91 Å². The van der Waals surface area contributed by atoms with Gasteiger partial charge in [-0.3, -0.25) is 4.79 Å². The number of rotatable bonds is 0. The molecule has 8 nitrogen and oxygen atoms in total. The molecule has 0 saturated heterocycles. The summed E-state index contributed by atoms with van der Waals surface area (Å²) in [5.74, 6) is -0.269. The van der Waals surface area contributed by atoms with Gasteiger partial charge in [0, 0.05) is 0 Å². The van der Waals surface area contributed by atoms with Crippen molar-refractivity contribution in [3.63, 3.8) is 0 Å². The minimum absolute atomic E-state index is 0.269. The fourth-order valence-electron chi connectivity index (χ4n) is 2.36. The van der Waals surface area contributed by atoms with Gasteiger partial charge in [0.25, 0.3) is 0 Å². The Morgan fingerprint density at radius 1 is 1.12 bits per heavy atom. The number of nitrogens with zero attached hydrogens (tertiary/aromatic N) is 7. The lowest BCUT2D eigenvalue weighted by molar-refractivity contribution is -0.121. The number of fused-ring (bicyclic) bond motifs is 4. The Hall–Kier alpha value is -2.51. The van der Waals surface area contributed by atoms with Crippen molar-refractivity contribution >= 4 is 28.7 Å². The van der Waals surface area contributed by atoms with E-state index < -0.39 is 5.66 Å². The quantitative estimate of drug-likeness (QED) is 0.657. The predicted molar refractivity (Wildman–Crippen MR) is 49.2 cm³/mol. The summed E-state index contributed by atoms with van der Waals surface area (Å²) in [6.45, 7) is 0. The molecule has 0 aromatic heterocycles. The Morgan fingerprint density at radius 3 is 2.88 bits per heavy atom. The van der Waals surface area contributed by atoms with Gasteiger partial charge in [0.15, 0.2) is 0 Å². The summed E-state index contributed by atoms with van der Waals surface area (Å²) < 4.78 is 0. The number of carbonyl (C=O) groups excluding carboxylic acids is 1. The van der Waals surface area contributed by atoms with E-state index >= 15 is 0 Å². The van der Waals surface area contributed by atoms with Gasteiger partial charge in [-0.25, -0.2) is 0 Å². The lowest BCUT2D eigenvalue weighted by Gasteiger charge is -2.15. The maximum Gasteiger partial charge on any atom is 0.308 e. The Kier molecular flexibility index (Phi) is 0.715. The normalized spacial score (nSPS) is 28.8. The van der Waals surface area contributed by atoms with Gasteiger partial charge in [-0.15, -0.1) is 25.6 Å². The van der Waals surface area contributed by atoms with E-state index in [1.165, 1.54) is 5.01 Å². The van der Waals surface area contributed by atoms with Crippen LogP contribution in [0.5, 0.6) is 0 Å². The molecular weight excluding hydrogens is 210 g/mol. The van der Waals surface area contributed by atoms with E-state index in [0.717, 1.165) is 5.69 Å². The second kappa shape index (κ2) is 1.66. The fraction of sp³-hybridized carbons (Fsp3) is 0.125. The van der Waals surface area contributed by atoms with Crippen molar-refractivity contribution in [3.8, 4) is 0 Å². The Labute approximate surface area is 87.4 Å². The van der Waals surface area contributed by atoms with Crippen LogP contribution in [-0.4, -0.2) is 5.91 Å². The molecule has 1 atom stereocenters. The van der Waals surface area contributed by atoms with Gasteiger partial charge >= 0.3 is 11.6 Å². The van der Waals surface area contributed by atoms with Crippen molar-refractivity contribution in [1.29, 1.82) is 0 Å². The van der Waals surface area contributed by atoms with Gasteiger partial charge in [-0.2, -0.15) is 5.01 Å². The molecule has 5 rings (SSSR count). The first kappa shape index (κ1) is 6.88. The first-order chi connectivity index (χ1) is 7.81. The van der Waals surface area contributed by atoms with E-state index in [4.69, 9.17) is 0 Å². The average Bonchev–Trinajstić information content (AvgIpc) is 2.83. The summed E-state index contributed by atoms with van der Waals surface area (Å²) in [5, 5.41) is 24.6. The molecule has 1 aromatic carbocycles. The van der Waals surface area contributed by atoms with Crippen molar-refractivity contribution < 1.29 is 4.79 Å². The van der Waals surface area contributed by atoms with Crippen LogP contribution in [0.3, 0.4) is 0 Å². The van der Waals surface area contributed by atoms with E-state index in [1.807, 2.05) is 0 Å². The minimum atomic E-state index is -1.25. The van der Waals surface area contributed by atoms with Crippen molar-refractivity contribution in [3.05, 3.63) is 11.6 Å². The van der Waals surface area contributed by atoms with Crippen molar-refractivity contribution in [2.45, 2.75) is 5.66 Å². The topological polar surface area (TPSA) is 94.5 Å². The second-order valence-electron chi connectivity index (χ2n) is 3.87. The molecule has 0 aliphatic carbocycles. The molecule has 4 aliphatic heterocycles. The zero-order chi connectivity index (χ0) is 10.5. The number of anilines is 1. The molecule has 1 unspecified atom stereocenters. The molecule has 1 amide bonds. The number of carbonyl (C=O) groups is 1. The van der Waals surface area contributed by atoms with Crippen LogP contribution < -0.4 is 5.01 Å². The van der Waals surface area contributed by atoms with E-state index in [2.05, 4.69) is 30.8 Å². The molecule has 1 spiro atoms. The molecule has 16 heavy (non-hydrogen) atoms. The van der Waals surface area contributed by atoms with Crippen molar-refractivity contribution in [2.75, 3.05) is 5.01 Å². The highest BCUT2D eigenvalue weighted by molar-refractivity contribution is 6.13. The van der Waals surface area contributed by atoms with Crippen molar-refractivity contribution in [1.82, 2.24) is 0 Å². The van der Waals surface area contributed by atoms with Crippen LogP contribution in [0.15, 0.2) is 36.9 Å². The summed E-state index contributed by atoms with van der Waals surface area (Å²) >= 11 is 0. The molecular formula is C8HN7O. The predicted octanol–water partition coefficient (Wildman–Crippen LogP) is 2.39. The Balaban J connectivity index is 2.03. The van der Waals surface area contributed by atoms with Crippen LogP contribution in [0.4, 0.5) is 22.7 Å². The summed E-state index contributed by atoms with van der Waals surface area (Å²) in [6, 6.07) is 1.77. The van der Waals surface area contributed by atoms with Gasteiger partial charge in [0.2, 0.25) is 0 Å². The highest BCUT2D eigenvalue weighted by atomic mass is 16.2. The smallest absolute Gasteiger partial charge is 0.267 e. The zero-order valence-electron chi connectivity index (χ0n) is 7.62. The average molecular weight is 211 g/mol. The zero-order valence-corrected chi connectivity index (χ0v) is 7.62. The molecule has 0 N–H and O–H groups in total. The molecule has 4 aliphatic rings. The summed E-state index contributed by atoms with van der Waals surface area (Å²) in [7, 11) is 0. The molecule has 4 heterocycles. The maximum atomic E-state index is 12.0. The molecule has 1 aromatic rings. The standard InChI is InChI=1S/C8HN7O/c16-7-8-4-3(15(7)14-13-8)1-2-5(10-9-2)6(4)11-12-8/h1H. The van der Waals surface area contributed by atoms with Gasteiger partial charge in [0.1, 0.15) is 17.1 Å². The van der Waals surface area contributed by atoms with Crippen LogP contribution >= 0.6 is 0 Å². The number of benzene rings is 1. The number of amides is 1. The molecule has 8 heteroatoms. The van der Waals surface area contributed by atoms with Gasteiger partial charge in [-0.05, 0) is 6.07 Å². The van der Waals surface area contributed by atoms with Gasteiger partial charge in [-0.1, -0.05) is 5.22 Å². The van der Waals surface area contributed by atoms with E-state index in [9.17, 15) is 4.79 Å². The van der Waals surface area contributed by atoms with Crippen LogP contribution in [0.1, 0.15) is 5.56 Å². The number of azo groups is 2. The van der Waals surface area contributed by atoms with E-state index in [0.29, 0.717) is 22.6 Å². The first-order valence-corrected chi connectivity index (χ1v) is 4.65. The van der Waals surface area contributed by atoms with Gasteiger partial charge in [0.05, 0.1) is 11.3 Å². The molecule has 0 saturated carbocycles. The monoisotopic (exact) mass is 211 g/mol. The Bertz CT molecular complexity index is 703. The Morgan fingerprint density at radius 2 is 2.06 bits per heavy atom. The van der Waals surface area contributed by atoms with Crippen LogP contribution in [0.25, 0.3) is 0 Å². The summed E-state index contributed by atoms with van der Waals surface area (Å²) in [4.78, 5) is 12.0. The third-order valence-electron chi connectivity index (χ3n) is 3.13. The van der Waals surface area contributed by atoms with Crippen molar-refractivity contribution in [2.24, 2.45) is 30.8 Å². The van der Waals surface area contributed by atoms with Crippen LogP contribution in [0.2, 0.25) is 0 Å². The second-order valence-corrected chi connectivity index (χ2v) is 3.87. The lowest BCUT2D eigenvalue weighted by Crippen LogP contribution is -2.27. The minimum Gasteiger partial charge on any atom is -0.267 e. The van der Waals surface area contributed by atoms with Crippen LogP contribution in [0, 0.1) is 0 Å². The molecule has 0 radical (unpaired) electrons. The summed E-state index contributed by atoms with van der Waals surface area (Å²) in [6.07, 6.45) is 0. The number of hydrogen-bond donors (Lipinski definition) is 0. The fourth-order valence-corrected chi connectivity index (χ4v) is 2.36. The SMILES string of the molecule is O=C1N2N=NC13N=Nc1c4c(cc2c13)N=N4. The van der Waals surface area contributed by atoms with E-state index in [1.54, 1.807) is 6.07 Å². The first-order valence-electron chi connectivity index (χ1n) is 4.65. The molecule has 2 bridgehead atoms. The highest BCUT2D eigenvalue weighted by Crippen LogP contribution is 2.63. The van der Waals surface area contributed by atoms with Crippen LogP contribution in [-0.2, 0) is 10.5 Å². The molecule has 74 valence electrons. The third-order valence-corrected chi connectivity index (χ3v) is 3.13.